The molecule has 0 aromatic carbocycles. The maximum atomic E-state index is 12.0. The Balaban J connectivity index is 3.38. The third-order valence-corrected chi connectivity index (χ3v) is 3.38. The third-order valence-electron chi connectivity index (χ3n) is 3.38. The van der Waals surface area contributed by atoms with Gasteiger partial charge < -0.3 is 10.4 Å². The molecule has 3 nitrogen and oxygen atoms in total. The molecule has 6 heteroatoms. The molecule has 1 amide bonds. The van der Waals surface area contributed by atoms with Crippen molar-refractivity contribution >= 4 is 5.91 Å². The molecule has 0 saturated carbocycles. The highest BCUT2D eigenvalue weighted by molar-refractivity contribution is 5.75. The van der Waals surface area contributed by atoms with Gasteiger partial charge in [0.15, 0.2) is 6.10 Å². The van der Waals surface area contributed by atoms with E-state index in [9.17, 15) is 18.0 Å². The topological polar surface area (TPSA) is 49.3 Å². The fourth-order valence-corrected chi connectivity index (χ4v) is 2.01. The van der Waals surface area contributed by atoms with Gasteiger partial charge in [-0.15, -0.1) is 0 Å². The molecule has 21 heavy (non-hydrogen) atoms. The summed E-state index contributed by atoms with van der Waals surface area (Å²) >= 11 is 0. The Labute approximate surface area is 125 Å². The smallest absolute Gasteiger partial charge is 0.382 e. The van der Waals surface area contributed by atoms with Crippen LogP contribution in [0.2, 0.25) is 0 Å². The van der Waals surface area contributed by atoms with Crippen LogP contribution in [0.15, 0.2) is 0 Å². The van der Waals surface area contributed by atoms with Gasteiger partial charge >= 0.3 is 6.18 Å². The van der Waals surface area contributed by atoms with Crippen molar-refractivity contribution in [1.29, 1.82) is 0 Å². The van der Waals surface area contributed by atoms with E-state index in [0.29, 0.717) is 6.42 Å². The molecule has 1 atom stereocenters. The van der Waals surface area contributed by atoms with Crippen molar-refractivity contribution in [2.75, 3.05) is 6.54 Å². The highest BCUT2D eigenvalue weighted by atomic mass is 19.4. The first-order valence-corrected chi connectivity index (χ1v) is 7.89. The molecule has 0 aliphatic heterocycles. The Morgan fingerprint density at radius 3 is 1.95 bits per heavy atom. The molecule has 0 saturated heterocycles. The molecule has 0 bridgehead atoms. The van der Waals surface area contributed by atoms with Gasteiger partial charge in [0, 0.05) is 6.42 Å². The second-order valence-electron chi connectivity index (χ2n) is 5.44. The van der Waals surface area contributed by atoms with Crippen molar-refractivity contribution in [3.05, 3.63) is 0 Å². The second-order valence-corrected chi connectivity index (χ2v) is 5.44. The minimum atomic E-state index is -4.68. The molecule has 0 aromatic rings. The van der Waals surface area contributed by atoms with Crippen LogP contribution < -0.4 is 5.32 Å². The van der Waals surface area contributed by atoms with E-state index in [1.807, 2.05) is 0 Å². The summed E-state index contributed by atoms with van der Waals surface area (Å²) in [5, 5.41) is 10.8. The monoisotopic (exact) mass is 311 g/mol. The van der Waals surface area contributed by atoms with Crippen LogP contribution in [-0.4, -0.2) is 29.8 Å². The van der Waals surface area contributed by atoms with Crippen LogP contribution in [0.25, 0.3) is 0 Å². The van der Waals surface area contributed by atoms with Gasteiger partial charge in [-0.25, -0.2) is 0 Å². The number of hydrogen-bond acceptors (Lipinski definition) is 2. The average molecular weight is 311 g/mol. The molecule has 2 N–H and O–H groups in total. The van der Waals surface area contributed by atoms with Gasteiger partial charge in [-0.1, -0.05) is 58.3 Å². The highest BCUT2D eigenvalue weighted by Gasteiger charge is 2.38. The minimum Gasteiger partial charge on any atom is -0.382 e. The van der Waals surface area contributed by atoms with E-state index < -0.39 is 24.7 Å². The van der Waals surface area contributed by atoms with Crippen LogP contribution in [0.1, 0.15) is 71.1 Å². The first-order valence-electron chi connectivity index (χ1n) is 7.89. The number of carbonyl (C=O) groups excluding carboxylic acids is 1. The van der Waals surface area contributed by atoms with E-state index in [-0.39, 0.29) is 6.42 Å². The Bertz CT molecular complexity index is 270. The largest absolute Gasteiger partial charge is 0.416 e. The standard InChI is InChI=1S/C15H28F3NO2/c1-2-3-4-5-6-7-8-9-10-11-14(21)19-12-13(20)15(16,17)18/h13,20H,2-12H2,1H3,(H,19,21). The van der Waals surface area contributed by atoms with E-state index >= 15 is 0 Å². The molecular formula is C15H28F3NO2. The first kappa shape index (κ1) is 20.2. The van der Waals surface area contributed by atoms with Gasteiger partial charge in [-0.05, 0) is 6.42 Å². The Kier molecular flexibility index (Phi) is 11.4. The molecule has 0 spiro atoms. The molecule has 0 aromatic heterocycles. The number of nitrogens with one attached hydrogen (secondary N) is 1. The van der Waals surface area contributed by atoms with Gasteiger partial charge in [-0.3, -0.25) is 4.79 Å². The van der Waals surface area contributed by atoms with E-state index in [4.69, 9.17) is 5.11 Å². The predicted molar refractivity (Wildman–Crippen MR) is 76.9 cm³/mol. The van der Waals surface area contributed by atoms with E-state index in [1.165, 1.54) is 32.1 Å². The highest BCUT2D eigenvalue weighted by Crippen LogP contribution is 2.19. The van der Waals surface area contributed by atoms with Crippen LogP contribution >= 0.6 is 0 Å². The number of aliphatic hydroxyl groups is 1. The lowest BCUT2D eigenvalue weighted by Gasteiger charge is -2.14. The molecule has 0 aliphatic rings. The molecule has 0 radical (unpaired) electrons. The lowest BCUT2D eigenvalue weighted by atomic mass is 10.1. The zero-order chi connectivity index (χ0) is 16.1. The number of rotatable bonds is 12. The quantitative estimate of drug-likeness (QED) is 0.536. The van der Waals surface area contributed by atoms with Crippen LogP contribution in [0.4, 0.5) is 13.2 Å². The van der Waals surface area contributed by atoms with Gasteiger partial charge in [0.25, 0.3) is 0 Å². The minimum absolute atomic E-state index is 0.223. The maximum absolute atomic E-state index is 12.0. The number of carbonyl (C=O) groups is 1. The lowest BCUT2D eigenvalue weighted by molar-refractivity contribution is -0.201. The number of aliphatic hydroxyl groups excluding tert-OH is 1. The summed E-state index contributed by atoms with van der Waals surface area (Å²) in [4.78, 5) is 11.3. The summed E-state index contributed by atoms with van der Waals surface area (Å²) in [6.07, 6.45) is 3.14. The lowest BCUT2D eigenvalue weighted by Crippen LogP contribution is -2.40. The number of amides is 1. The predicted octanol–water partition coefficient (Wildman–Crippen LogP) is 3.95. The fourth-order valence-electron chi connectivity index (χ4n) is 2.01. The summed E-state index contributed by atoms with van der Waals surface area (Å²) in [5.74, 6) is -0.429. The normalized spacial score (nSPS) is 13.2. The van der Waals surface area contributed by atoms with Crippen molar-refractivity contribution in [3.8, 4) is 0 Å². The van der Waals surface area contributed by atoms with Gasteiger partial charge in [0.05, 0.1) is 6.54 Å². The van der Waals surface area contributed by atoms with Crippen LogP contribution in [0, 0.1) is 0 Å². The van der Waals surface area contributed by atoms with Crippen LogP contribution in [0.5, 0.6) is 0 Å². The molecule has 126 valence electrons. The Hall–Kier alpha value is -0.780. The molecule has 0 heterocycles. The van der Waals surface area contributed by atoms with Gasteiger partial charge in [-0.2, -0.15) is 13.2 Å². The van der Waals surface area contributed by atoms with E-state index in [2.05, 4.69) is 12.2 Å². The number of halogens is 3. The molecule has 0 fully saturated rings. The van der Waals surface area contributed by atoms with E-state index in [1.54, 1.807) is 0 Å². The summed E-state index contributed by atoms with van der Waals surface area (Å²) in [6.45, 7) is 1.42. The van der Waals surface area contributed by atoms with Crippen LogP contribution in [0.3, 0.4) is 0 Å². The summed E-state index contributed by atoms with van der Waals surface area (Å²) in [7, 11) is 0. The zero-order valence-corrected chi connectivity index (χ0v) is 12.8. The van der Waals surface area contributed by atoms with Gasteiger partial charge in [0.1, 0.15) is 0 Å². The van der Waals surface area contributed by atoms with Crippen molar-refractivity contribution < 1.29 is 23.1 Å². The summed E-state index contributed by atoms with van der Waals surface area (Å²) in [6, 6.07) is 0. The SMILES string of the molecule is CCCCCCCCCCCC(=O)NCC(O)C(F)(F)F. The third kappa shape index (κ3) is 12.7. The summed E-state index contributed by atoms with van der Waals surface area (Å²) in [5.41, 5.74) is 0. The van der Waals surface area contributed by atoms with Crippen molar-refractivity contribution in [3.63, 3.8) is 0 Å². The average Bonchev–Trinajstić information content (AvgIpc) is 2.41. The second kappa shape index (κ2) is 11.8. The van der Waals surface area contributed by atoms with Crippen molar-refractivity contribution in [1.82, 2.24) is 5.32 Å². The summed E-state index contributed by atoms with van der Waals surface area (Å²) < 4.78 is 36.0. The van der Waals surface area contributed by atoms with Crippen molar-refractivity contribution in [2.24, 2.45) is 0 Å². The number of hydrogen-bond donors (Lipinski definition) is 2. The number of unbranched alkanes of at least 4 members (excludes halogenated alkanes) is 8. The number of alkyl halides is 3. The Morgan fingerprint density at radius 2 is 1.48 bits per heavy atom. The zero-order valence-electron chi connectivity index (χ0n) is 12.8. The maximum Gasteiger partial charge on any atom is 0.416 e. The van der Waals surface area contributed by atoms with E-state index in [0.717, 1.165) is 19.3 Å². The van der Waals surface area contributed by atoms with Crippen molar-refractivity contribution in [2.45, 2.75) is 83.4 Å². The molecule has 0 aliphatic carbocycles. The molecular weight excluding hydrogens is 283 g/mol. The molecule has 1 unspecified atom stereocenters. The fraction of sp³-hybridized carbons (Fsp3) is 0.933. The van der Waals surface area contributed by atoms with Crippen LogP contribution in [-0.2, 0) is 4.79 Å². The molecule has 0 rings (SSSR count). The Morgan fingerprint density at radius 1 is 1.00 bits per heavy atom. The first-order chi connectivity index (χ1) is 9.88. The van der Waals surface area contributed by atoms with Gasteiger partial charge in [0.2, 0.25) is 5.91 Å².